The number of ether oxygens (including phenoxy) is 6. The first-order chi connectivity index (χ1) is 20.4. The molecule has 0 aromatic rings. The van der Waals surface area contributed by atoms with Gasteiger partial charge in [-0.2, -0.15) is 0 Å². The summed E-state index contributed by atoms with van der Waals surface area (Å²) in [5.41, 5.74) is 0. The van der Waals surface area contributed by atoms with Crippen molar-refractivity contribution in [1.29, 1.82) is 0 Å². The van der Waals surface area contributed by atoms with Crippen LogP contribution in [0, 0.1) is 5.92 Å². The van der Waals surface area contributed by atoms with Crippen molar-refractivity contribution in [2.45, 2.75) is 99.5 Å². The Morgan fingerprint density at radius 1 is 0.860 bits per heavy atom. The quantitative estimate of drug-likeness (QED) is 0.110. The van der Waals surface area contributed by atoms with Gasteiger partial charge in [0.15, 0.2) is 12.6 Å². The molecule has 18 nitrogen and oxygen atoms in total. The van der Waals surface area contributed by atoms with Gasteiger partial charge in [-0.1, -0.05) is 0 Å². The maximum atomic E-state index is 12.2. The Morgan fingerprint density at radius 2 is 1.44 bits per heavy atom. The second-order valence-electron chi connectivity index (χ2n) is 11.0. The molecule has 18 heteroatoms. The second-order valence-corrected chi connectivity index (χ2v) is 11.0. The molecule has 15 atom stereocenters. The van der Waals surface area contributed by atoms with Crippen LogP contribution >= 0.6 is 0 Å². The van der Waals surface area contributed by atoms with Crippen LogP contribution in [-0.2, 0) is 38.0 Å². The maximum absolute atomic E-state index is 12.2. The number of aliphatic hydroxyl groups excluding tert-OH is 6. The molecule has 4 aliphatic rings. The van der Waals surface area contributed by atoms with E-state index in [4.69, 9.17) is 28.4 Å². The molecule has 3 aliphatic heterocycles. The molecule has 0 bridgehead atoms. The van der Waals surface area contributed by atoms with Crippen molar-refractivity contribution in [3.05, 3.63) is 0 Å². The third kappa shape index (κ3) is 6.89. The topological polar surface area (TPSA) is 259 Å². The smallest absolute Gasteiger partial charge is 0.285 e. The van der Waals surface area contributed by atoms with Crippen molar-refractivity contribution in [2.24, 2.45) is 10.9 Å². The zero-order chi connectivity index (χ0) is 31.6. The molecule has 0 unspecified atom stereocenters. The van der Waals surface area contributed by atoms with Crippen molar-refractivity contribution in [3.63, 3.8) is 0 Å². The Labute approximate surface area is 247 Å². The van der Waals surface area contributed by atoms with Gasteiger partial charge < -0.3 is 75.0 Å². The summed E-state index contributed by atoms with van der Waals surface area (Å²) in [6, 6.07) is -3.11. The summed E-state index contributed by atoms with van der Waals surface area (Å²) in [4.78, 5) is 28.0. The number of nitrogens with zero attached hydrogens (tertiary/aromatic N) is 1. The molecule has 9 N–H and O–H groups in total. The van der Waals surface area contributed by atoms with Gasteiger partial charge in [-0.05, 0) is 0 Å². The number of nitrogens with one attached hydrogen (secondary N) is 3. The summed E-state index contributed by atoms with van der Waals surface area (Å²) in [5, 5.41) is 72.0. The Hall–Kier alpha value is -2.23. The first-order valence-electron chi connectivity index (χ1n) is 13.9. The number of carbonyl (C=O) groups excluding carboxylic acids is 2. The number of fused-ring (bicyclic) bond motifs is 1. The monoisotopic (exact) mass is 622 g/mol. The van der Waals surface area contributed by atoms with E-state index in [2.05, 4.69) is 20.9 Å². The minimum atomic E-state index is -1.63. The van der Waals surface area contributed by atoms with Gasteiger partial charge in [0.2, 0.25) is 11.8 Å². The van der Waals surface area contributed by atoms with Gasteiger partial charge in [0.05, 0.1) is 37.9 Å². The largest absolute Gasteiger partial charge is 0.459 e. The average Bonchev–Trinajstić information content (AvgIpc) is 3.49. The van der Waals surface area contributed by atoms with E-state index in [1.54, 1.807) is 0 Å². The van der Waals surface area contributed by atoms with Gasteiger partial charge in [-0.25, -0.2) is 4.99 Å². The van der Waals surface area contributed by atoms with Gasteiger partial charge >= 0.3 is 0 Å². The highest BCUT2D eigenvalue weighted by molar-refractivity contribution is 5.76. The van der Waals surface area contributed by atoms with E-state index in [0.29, 0.717) is 0 Å². The first-order valence-corrected chi connectivity index (χ1v) is 13.9. The Balaban J connectivity index is 1.57. The third-order valence-electron chi connectivity index (χ3n) is 8.06. The molecule has 1 saturated carbocycles. The number of hydrogen-bond acceptors (Lipinski definition) is 15. The zero-order valence-corrected chi connectivity index (χ0v) is 24.2. The molecule has 4 rings (SSSR count). The molecule has 0 radical (unpaired) electrons. The summed E-state index contributed by atoms with van der Waals surface area (Å²) in [6.07, 6.45) is -14.4. The van der Waals surface area contributed by atoms with E-state index in [1.165, 1.54) is 28.0 Å². The van der Waals surface area contributed by atoms with Gasteiger partial charge in [0.1, 0.15) is 60.9 Å². The van der Waals surface area contributed by atoms with E-state index in [9.17, 15) is 40.2 Å². The number of amidine groups is 1. The SMILES string of the molecule is CN=C1N[C@H]2[C@H](O)[C@H](O[C@@H]3O[C@@H](CO)[C@@H](O[C@@H]4O[C@@H](COC)[C@@H](O)[C@H](O)[C@@H]4NC(C)=O)[C@H](O)[C@@H]3NC(C)=O)[C@H](CO)[C@H]2O1. The fourth-order valence-electron chi connectivity index (χ4n) is 6.03. The highest BCUT2D eigenvalue weighted by Crippen LogP contribution is 2.38. The standard InChI is InChI=1S/C25H42N4O14/c1-8(32)27-14-17(35)16(34)12(7-38-4)40-23(14)42-22-11(6-31)39-24(15(19(22)37)28-9(2)33)41-21-10(5-30)20-13(18(21)36)29-25(26-3)43-20/h10-24,30-31,34-37H,5-7H2,1-4H3,(H,26,29)(H,27,32)(H,28,33)/t10-,11+,12+,13+,14+,15+,16-,17-,18+,19-,20-,21-,22-,23+,24+/m1/s1. The third-order valence-corrected chi connectivity index (χ3v) is 8.06. The average molecular weight is 623 g/mol. The molecule has 0 spiro atoms. The minimum Gasteiger partial charge on any atom is -0.459 e. The van der Waals surface area contributed by atoms with Gasteiger partial charge in [-0.15, -0.1) is 0 Å². The van der Waals surface area contributed by atoms with Crippen LogP contribution in [0.25, 0.3) is 0 Å². The first kappa shape index (κ1) is 33.7. The lowest BCUT2D eigenvalue weighted by Crippen LogP contribution is -2.69. The van der Waals surface area contributed by atoms with Crippen molar-refractivity contribution >= 4 is 17.8 Å². The number of methoxy groups -OCH3 is 1. The van der Waals surface area contributed by atoms with Crippen LogP contribution in [0.5, 0.6) is 0 Å². The zero-order valence-electron chi connectivity index (χ0n) is 24.2. The lowest BCUT2D eigenvalue weighted by molar-refractivity contribution is -0.339. The summed E-state index contributed by atoms with van der Waals surface area (Å²) in [7, 11) is 2.85. The van der Waals surface area contributed by atoms with E-state index in [0.717, 1.165) is 0 Å². The molecule has 4 fully saturated rings. The molecule has 3 heterocycles. The van der Waals surface area contributed by atoms with Gasteiger partial charge in [0.25, 0.3) is 6.02 Å². The Morgan fingerprint density at radius 3 is 1.98 bits per heavy atom. The molecule has 246 valence electrons. The predicted octanol–water partition coefficient (Wildman–Crippen LogP) is -5.74. The van der Waals surface area contributed by atoms with Crippen molar-refractivity contribution in [1.82, 2.24) is 16.0 Å². The molecular formula is C25H42N4O14. The molecule has 1 aliphatic carbocycles. The number of hydrogen-bond donors (Lipinski definition) is 9. The van der Waals surface area contributed by atoms with Crippen molar-refractivity contribution in [3.8, 4) is 0 Å². The maximum Gasteiger partial charge on any atom is 0.285 e. The summed E-state index contributed by atoms with van der Waals surface area (Å²) < 4.78 is 34.5. The highest BCUT2D eigenvalue weighted by atomic mass is 16.7. The number of aliphatic imine (C=N–C) groups is 1. The second kappa shape index (κ2) is 14.2. The van der Waals surface area contributed by atoms with Crippen LogP contribution in [0.4, 0.5) is 0 Å². The molecule has 3 saturated heterocycles. The summed E-state index contributed by atoms with van der Waals surface area (Å²) in [5.74, 6) is -1.91. The molecule has 43 heavy (non-hydrogen) atoms. The van der Waals surface area contributed by atoms with Crippen LogP contribution < -0.4 is 16.0 Å². The lowest BCUT2D eigenvalue weighted by atomic mass is 9.94. The van der Waals surface area contributed by atoms with Crippen LogP contribution in [0.3, 0.4) is 0 Å². The van der Waals surface area contributed by atoms with Gasteiger partial charge in [-0.3, -0.25) is 9.59 Å². The normalized spacial score (nSPS) is 45.3. The van der Waals surface area contributed by atoms with E-state index in [1.807, 2.05) is 0 Å². The number of carbonyl (C=O) groups is 2. The lowest BCUT2D eigenvalue weighted by Gasteiger charge is -2.48. The molecule has 0 aromatic heterocycles. The van der Waals surface area contributed by atoms with E-state index < -0.39 is 117 Å². The van der Waals surface area contributed by atoms with Crippen molar-refractivity contribution in [2.75, 3.05) is 34.0 Å². The van der Waals surface area contributed by atoms with Crippen molar-refractivity contribution < 1.29 is 68.6 Å². The number of aliphatic hydroxyl groups is 6. The van der Waals surface area contributed by atoms with E-state index >= 15 is 0 Å². The van der Waals surface area contributed by atoms with Crippen LogP contribution in [0.1, 0.15) is 13.8 Å². The summed E-state index contributed by atoms with van der Waals surface area (Å²) >= 11 is 0. The molecular weight excluding hydrogens is 580 g/mol. The number of amides is 2. The van der Waals surface area contributed by atoms with Gasteiger partial charge in [0, 0.05) is 28.0 Å². The van der Waals surface area contributed by atoms with E-state index in [-0.39, 0.29) is 12.6 Å². The van der Waals surface area contributed by atoms with Crippen LogP contribution in [-0.4, -0.2) is 168 Å². The van der Waals surface area contributed by atoms with Crippen LogP contribution in [0.15, 0.2) is 4.99 Å². The fraction of sp³-hybridized carbons (Fsp3) is 0.880. The summed E-state index contributed by atoms with van der Waals surface area (Å²) in [6.45, 7) is 1.06. The Kier molecular flexibility index (Phi) is 11.2. The van der Waals surface area contributed by atoms with Crippen LogP contribution in [0.2, 0.25) is 0 Å². The predicted molar refractivity (Wildman–Crippen MR) is 141 cm³/mol. The minimum absolute atomic E-state index is 0.148. The highest BCUT2D eigenvalue weighted by Gasteiger charge is 2.59. The number of rotatable bonds is 10. The molecule has 0 aromatic carbocycles. The molecule has 2 amide bonds. The fourth-order valence-corrected chi connectivity index (χ4v) is 6.03. The Bertz CT molecular complexity index is 1010.